The van der Waals surface area contributed by atoms with Gasteiger partial charge in [-0.25, -0.2) is 4.79 Å². The summed E-state index contributed by atoms with van der Waals surface area (Å²) in [5.41, 5.74) is 7.01. The highest BCUT2D eigenvalue weighted by molar-refractivity contribution is 9.10. The molecule has 0 unspecified atom stereocenters. The lowest BCUT2D eigenvalue weighted by atomic mass is 10.1. The second kappa shape index (κ2) is 4.50. The number of anilines is 1. The Balaban J connectivity index is 2.79. The molecule has 2 aromatic rings. The fraction of sp³-hybridized carbons (Fsp3) is 0.0909. The Morgan fingerprint density at radius 3 is 2.88 bits per heavy atom. The van der Waals surface area contributed by atoms with E-state index in [2.05, 4.69) is 25.7 Å². The highest BCUT2D eigenvalue weighted by Gasteiger charge is 2.15. The first-order valence-corrected chi connectivity index (χ1v) is 5.83. The van der Waals surface area contributed by atoms with Crippen LogP contribution in [-0.2, 0) is 4.74 Å². The molecule has 0 bridgehead atoms. The summed E-state index contributed by atoms with van der Waals surface area (Å²) < 4.78 is 5.39. The van der Waals surface area contributed by atoms with Crippen molar-refractivity contribution in [3.05, 3.63) is 33.4 Å². The summed E-state index contributed by atoms with van der Waals surface area (Å²) in [4.78, 5) is 15.6. The number of carbonyl (C=O) groups is 1. The number of esters is 1. The SMILES string of the molecule is COC(=O)c1cnc2c(Cl)cc(Br)cc2c1N. The van der Waals surface area contributed by atoms with Gasteiger partial charge in [-0.2, -0.15) is 0 Å². The van der Waals surface area contributed by atoms with Crippen LogP contribution in [0, 0.1) is 0 Å². The second-order valence-corrected chi connectivity index (χ2v) is 4.68. The van der Waals surface area contributed by atoms with Crippen LogP contribution >= 0.6 is 27.5 Å². The summed E-state index contributed by atoms with van der Waals surface area (Å²) >= 11 is 9.35. The van der Waals surface area contributed by atoms with Crippen LogP contribution in [0.5, 0.6) is 0 Å². The number of benzene rings is 1. The summed E-state index contributed by atoms with van der Waals surface area (Å²) in [6.07, 6.45) is 1.36. The molecule has 1 aromatic heterocycles. The molecule has 0 amide bonds. The summed E-state index contributed by atoms with van der Waals surface area (Å²) in [5, 5.41) is 1.09. The standard InChI is InChI=1S/C11H8BrClN2O2/c1-17-11(16)7-4-15-10-6(9(7)14)2-5(12)3-8(10)13/h2-4H,1H3,(H2,14,15). The van der Waals surface area contributed by atoms with Gasteiger partial charge in [0.05, 0.1) is 23.3 Å². The van der Waals surface area contributed by atoms with Crippen molar-refractivity contribution in [3.63, 3.8) is 0 Å². The molecule has 0 saturated carbocycles. The molecule has 6 heteroatoms. The molecule has 0 saturated heterocycles. The molecule has 88 valence electrons. The van der Waals surface area contributed by atoms with E-state index in [0.29, 0.717) is 21.6 Å². The van der Waals surface area contributed by atoms with Crippen LogP contribution in [0.2, 0.25) is 5.02 Å². The smallest absolute Gasteiger partial charge is 0.341 e. The molecule has 0 fully saturated rings. The van der Waals surface area contributed by atoms with E-state index in [4.69, 9.17) is 17.3 Å². The van der Waals surface area contributed by atoms with Crippen LogP contribution in [0.15, 0.2) is 22.8 Å². The average Bonchev–Trinajstić information content (AvgIpc) is 2.29. The summed E-state index contributed by atoms with van der Waals surface area (Å²) in [5.74, 6) is -0.520. The number of nitrogen functional groups attached to an aromatic ring is 1. The van der Waals surface area contributed by atoms with Gasteiger partial charge in [0, 0.05) is 16.1 Å². The van der Waals surface area contributed by atoms with E-state index in [-0.39, 0.29) is 5.56 Å². The summed E-state index contributed by atoms with van der Waals surface area (Å²) in [7, 11) is 1.29. The first-order valence-electron chi connectivity index (χ1n) is 4.66. The van der Waals surface area contributed by atoms with Crippen LogP contribution in [-0.4, -0.2) is 18.1 Å². The van der Waals surface area contributed by atoms with Crippen LogP contribution in [0.1, 0.15) is 10.4 Å². The number of methoxy groups -OCH3 is 1. The number of halogens is 2. The van der Waals surface area contributed by atoms with E-state index in [1.807, 2.05) is 0 Å². The first-order chi connectivity index (χ1) is 8.04. The number of nitrogens with zero attached hydrogens (tertiary/aromatic N) is 1. The van der Waals surface area contributed by atoms with Gasteiger partial charge in [0.1, 0.15) is 5.56 Å². The molecule has 0 aliphatic rings. The molecule has 0 radical (unpaired) electrons. The van der Waals surface area contributed by atoms with Gasteiger partial charge in [-0.15, -0.1) is 0 Å². The molecule has 0 spiro atoms. The fourth-order valence-corrected chi connectivity index (χ4v) is 2.38. The number of ether oxygens (including phenoxy) is 1. The van der Waals surface area contributed by atoms with Crippen molar-refractivity contribution in [2.24, 2.45) is 0 Å². The van der Waals surface area contributed by atoms with Crippen molar-refractivity contribution in [1.29, 1.82) is 0 Å². The van der Waals surface area contributed by atoms with Crippen LogP contribution in [0.25, 0.3) is 10.9 Å². The minimum atomic E-state index is -0.520. The number of aromatic nitrogens is 1. The van der Waals surface area contributed by atoms with Crippen molar-refractivity contribution in [1.82, 2.24) is 4.98 Å². The highest BCUT2D eigenvalue weighted by atomic mass is 79.9. The van der Waals surface area contributed by atoms with E-state index < -0.39 is 5.97 Å². The zero-order chi connectivity index (χ0) is 12.6. The van der Waals surface area contributed by atoms with Gasteiger partial charge in [0.15, 0.2) is 0 Å². The third-order valence-electron chi connectivity index (χ3n) is 2.34. The van der Waals surface area contributed by atoms with Crippen LogP contribution in [0.3, 0.4) is 0 Å². The van der Waals surface area contributed by atoms with Crippen molar-refractivity contribution in [2.75, 3.05) is 12.8 Å². The van der Waals surface area contributed by atoms with Crippen molar-refractivity contribution >= 4 is 50.1 Å². The number of fused-ring (bicyclic) bond motifs is 1. The van der Waals surface area contributed by atoms with Crippen LogP contribution in [0.4, 0.5) is 5.69 Å². The topological polar surface area (TPSA) is 65.2 Å². The molecule has 0 aliphatic carbocycles. The lowest BCUT2D eigenvalue weighted by molar-refractivity contribution is 0.0601. The van der Waals surface area contributed by atoms with Gasteiger partial charge in [-0.05, 0) is 12.1 Å². The minimum absolute atomic E-state index is 0.231. The van der Waals surface area contributed by atoms with Gasteiger partial charge in [-0.3, -0.25) is 4.98 Å². The molecule has 2 rings (SSSR count). The third-order valence-corrected chi connectivity index (χ3v) is 3.08. The largest absolute Gasteiger partial charge is 0.465 e. The third kappa shape index (κ3) is 2.08. The number of nitrogens with two attached hydrogens (primary N) is 1. The Morgan fingerprint density at radius 1 is 1.53 bits per heavy atom. The Kier molecular flexibility index (Phi) is 3.22. The Morgan fingerprint density at radius 2 is 2.24 bits per heavy atom. The number of carbonyl (C=O) groups excluding carboxylic acids is 1. The van der Waals surface area contributed by atoms with Gasteiger partial charge in [0.2, 0.25) is 0 Å². The predicted molar refractivity (Wildman–Crippen MR) is 70.2 cm³/mol. The van der Waals surface area contributed by atoms with Crippen LogP contribution < -0.4 is 5.73 Å². The number of hydrogen-bond acceptors (Lipinski definition) is 4. The van der Waals surface area contributed by atoms with E-state index in [9.17, 15) is 4.79 Å². The Hall–Kier alpha value is -1.33. The van der Waals surface area contributed by atoms with Crippen molar-refractivity contribution in [2.45, 2.75) is 0 Å². The van der Waals surface area contributed by atoms with Gasteiger partial charge in [-0.1, -0.05) is 27.5 Å². The Labute approximate surface area is 111 Å². The molecule has 2 N–H and O–H groups in total. The molecule has 0 aliphatic heterocycles. The first kappa shape index (κ1) is 12.1. The monoisotopic (exact) mass is 314 g/mol. The van der Waals surface area contributed by atoms with E-state index in [1.54, 1.807) is 12.1 Å². The normalized spacial score (nSPS) is 10.5. The van der Waals surface area contributed by atoms with Gasteiger partial charge in [0.25, 0.3) is 0 Å². The van der Waals surface area contributed by atoms with E-state index >= 15 is 0 Å². The second-order valence-electron chi connectivity index (χ2n) is 3.36. The highest BCUT2D eigenvalue weighted by Crippen LogP contribution is 2.31. The quantitative estimate of drug-likeness (QED) is 0.822. The molecule has 17 heavy (non-hydrogen) atoms. The maximum Gasteiger partial charge on any atom is 0.341 e. The average molecular weight is 316 g/mol. The molecular weight excluding hydrogens is 307 g/mol. The Bertz CT molecular complexity index is 616. The maximum absolute atomic E-state index is 11.5. The summed E-state index contributed by atoms with van der Waals surface area (Å²) in [6, 6.07) is 3.48. The predicted octanol–water partition coefficient (Wildman–Crippen LogP) is 3.02. The zero-order valence-electron chi connectivity index (χ0n) is 8.83. The number of hydrogen-bond donors (Lipinski definition) is 1. The van der Waals surface area contributed by atoms with Gasteiger partial charge >= 0.3 is 5.97 Å². The number of pyridine rings is 1. The molecular formula is C11H8BrClN2O2. The van der Waals surface area contributed by atoms with Crippen molar-refractivity contribution < 1.29 is 9.53 Å². The lowest BCUT2D eigenvalue weighted by Gasteiger charge is -2.08. The molecule has 1 heterocycles. The minimum Gasteiger partial charge on any atom is -0.465 e. The molecule has 0 atom stereocenters. The van der Waals surface area contributed by atoms with E-state index in [1.165, 1.54) is 13.3 Å². The summed E-state index contributed by atoms with van der Waals surface area (Å²) in [6.45, 7) is 0. The zero-order valence-corrected chi connectivity index (χ0v) is 11.2. The van der Waals surface area contributed by atoms with Gasteiger partial charge < -0.3 is 10.5 Å². The van der Waals surface area contributed by atoms with E-state index in [0.717, 1.165) is 4.47 Å². The number of rotatable bonds is 1. The molecule has 4 nitrogen and oxygen atoms in total. The molecule has 1 aromatic carbocycles. The maximum atomic E-state index is 11.5. The lowest BCUT2D eigenvalue weighted by Crippen LogP contribution is -2.07. The fourth-order valence-electron chi connectivity index (χ4n) is 1.52. The van der Waals surface area contributed by atoms with Crippen molar-refractivity contribution in [3.8, 4) is 0 Å².